The average molecular weight is 388 g/mol. The molecule has 6 nitrogen and oxygen atoms in total. The second kappa shape index (κ2) is 7.05. The predicted octanol–water partition coefficient (Wildman–Crippen LogP) is 3.86. The summed E-state index contributed by atoms with van der Waals surface area (Å²) in [5, 5.41) is 28.0. The molecule has 0 aliphatic carbocycles. The van der Waals surface area contributed by atoms with Crippen LogP contribution in [-0.4, -0.2) is 31.2 Å². The number of carboxylic acids is 1. The van der Waals surface area contributed by atoms with Crippen LogP contribution < -0.4 is 0 Å². The van der Waals surface area contributed by atoms with E-state index in [1.165, 1.54) is 0 Å². The first-order valence-electron chi connectivity index (χ1n) is 8.98. The Morgan fingerprint density at radius 1 is 1.33 bits per heavy atom. The molecule has 144 valence electrons. The van der Waals surface area contributed by atoms with E-state index in [1.807, 2.05) is 43.7 Å². The maximum atomic E-state index is 12.1. The third-order valence-corrected chi connectivity index (χ3v) is 6.52. The van der Waals surface area contributed by atoms with E-state index in [2.05, 4.69) is 10.3 Å². The van der Waals surface area contributed by atoms with Gasteiger partial charge in [0.15, 0.2) is 0 Å². The van der Waals surface area contributed by atoms with Gasteiger partial charge >= 0.3 is 5.97 Å². The summed E-state index contributed by atoms with van der Waals surface area (Å²) in [6.45, 7) is 10.1. The Morgan fingerprint density at radius 2 is 2.04 bits per heavy atom. The number of aromatic nitrogens is 3. The number of rotatable bonds is 6. The lowest BCUT2D eigenvalue weighted by Crippen LogP contribution is -2.32. The molecule has 0 radical (unpaired) electrons. The number of carbonyl (C=O) groups is 1. The van der Waals surface area contributed by atoms with Gasteiger partial charge in [-0.25, -0.2) is 4.68 Å². The first kappa shape index (κ1) is 19.5. The molecule has 1 atom stereocenters. The molecule has 3 aromatic rings. The summed E-state index contributed by atoms with van der Waals surface area (Å²) in [7, 11) is 0. The van der Waals surface area contributed by atoms with Gasteiger partial charge in [-0.15, -0.1) is 16.4 Å². The van der Waals surface area contributed by atoms with Crippen LogP contribution >= 0.6 is 11.3 Å². The van der Waals surface area contributed by atoms with E-state index in [4.69, 9.17) is 0 Å². The van der Waals surface area contributed by atoms with E-state index in [0.717, 1.165) is 44.0 Å². The van der Waals surface area contributed by atoms with E-state index in [9.17, 15) is 15.0 Å². The summed E-state index contributed by atoms with van der Waals surface area (Å²) in [6.07, 6.45) is 0. The first-order valence-corrected chi connectivity index (χ1v) is 9.80. The number of aliphatic carboxylic acids is 1. The molecular weight excluding hydrogens is 362 g/mol. The van der Waals surface area contributed by atoms with Crippen molar-refractivity contribution in [1.29, 1.82) is 0 Å². The molecule has 1 aromatic carbocycles. The summed E-state index contributed by atoms with van der Waals surface area (Å²) in [6, 6.07) is 5.90. The van der Waals surface area contributed by atoms with Gasteiger partial charge in [-0.2, -0.15) is 0 Å². The molecule has 7 heteroatoms. The lowest BCUT2D eigenvalue weighted by Gasteiger charge is -2.31. The molecule has 0 aliphatic heterocycles. The van der Waals surface area contributed by atoms with Crippen LogP contribution in [0.4, 0.5) is 0 Å². The van der Waals surface area contributed by atoms with Gasteiger partial charge in [-0.1, -0.05) is 11.3 Å². The van der Waals surface area contributed by atoms with Gasteiger partial charge in [0.2, 0.25) is 0 Å². The van der Waals surface area contributed by atoms with Crippen molar-refractivity contribution in [3.05, 3.63) is 44.6 Å². The minimum absolute atomic E-state index is 0.0502. The number of aryl methyl sites for hydroxylation is 3. The maximum absolute atomic E-state index is 12.1. The van der Waals surface area contributed by atoms with Crippen LogP contribution in [0.15, 0.2) is 18.2 Å². The SMILES string of the molecule is CCn1nnc2c(C)c([C@H](c3cc(CO)c(C)s3)C(C)(C)C(=O)O)ccc21. The Morgan fingerprint density at radius 3 is 2.59 bits per heavy atom. The number of benzene rings is 1. The van der Waals surface area contributed by atoms with Crippen molar-refractivity contribution in [3.8, 4) is 0 Å². The molecule has 2 heterocycles. The molecular formula is C20H25N3O3S. The Hall–Kier alpha value is -2.25. The monoisotopic (exact) mass is 387 g/mol. The number of aliphatic hydroxyl groups is 1. The standard InChI is InChI=1S/C20H25N3O3S/c1-6-23-15-8-7-14(11(2)18(15)21-22-23)17(20(4,5)19(25)26)16-9-13(10-24)12(3)27-16/h7-9,17,24H,6,10H2,1-5H3,(H,25,26)/t17-/m1/s1. The summed E-state index contributed by atoms with van der Waals surface area (Å²) in [5.41, 5.74) is 3.45. The second-order valence-electron chi connectivity index (χ2n) is 7.40. The highest BCUT2D eigenvalue weighted by atomic mass is 32.1. The minimum Gasteiger partial charge on any atom is -0.481 e. The van der Waals surface area contributed by atoms with Crippen molar-refractivity contribution in [3.63, 3.8) is 0 Å². The fourth-order valence-electron chi connectivity index (χ4n) is 3.59. The quantitative estimate of drug-likeness (QED) is 0.670. The Bertz CT molecular complexity index is 1000. The molecule has 27 heavy (non-hydrogen) atoms. The van der Waals surface area contributed by atoms with Crippen molar-refractivity contribution >= 4 is 28.3 Å². The van der Waals surface area contributed by atoms with E-state index >= 15 is 0 Å². The van der Waals surface area contributed by atoms with E-state index in [1.54, 1.807) is 25.2 Å². The zero-order chi connectivity index (χ0) is 19.9. The van der Waals surface area contributed by atoms with Crippen LogP contribution in [0.1, 0.15) is 53.1 Å². The van der Waals surface area contributed by atoms with Gasteiger partial charge in [-0.05, 0) is 63.4 Å². The fourth-order valence-corrected chi connectivity index (χ4v) is 4.94. The van der Waals surface area contributed by atoms with Crippen molar-refractivity contribution < 1.29 is 15.0 Å². The number of fused-ring (bicyclic) bond motifs is 1. The highest BCUT2D eigenvalue weighted by molar-refractivity contribution is 7.12. The third kappa shape index (κ3) is 3.15. The van der Waals surface area contributed by atoms with E-state index in [-0.39, 0.29) is 12.5 Å². The van der Waals surface area contributed by atoms with E-state index in [0.29, 0.717) is 0 Å². The van der Waals surface area contributed by atoms with Crippen molar-refractivity contribution in [2.75, 3.05) is 0 Å². The number of nitrogens with zero attached hydrogens (tertiary/aromatic N) is 3. The van der Waals surface area contributed by atoms with Crippen LogP contribution in [0.5, 0.6) is 0 Å². The number of thiophene rings is 1. The van der Waals surface area contributed by atoms with Gasteiger partial charge in [-0.3, -0.25) is 4.79 Å². The van der Waals surface area contributed by atoms with Crippen molar-refractivity contribution in [2.45, 2.75) is 53.7 Å². The number of carboxylic acid groups (broad SMARTS) is 1. The highest BCUT2D eigenvalue weighted by Gasteiger charge is 2.41. The van der Waals surface area contributed by atoms with Gasteiger partial charge in [0.1, 0.15) is 5.52 Å². The Kier molecular flexibility index (Phi) is 5.10. The first-order chi connectivity index (χ1) is 12.7. The molecule has 0 aliphatic rings. The van der Waals surface area contributed by atoms with Gasteiger partial charge < -0.3 is 10.2 Å². The topological polar surface area (TPSA) is 88.2 Å². The number of hydrogen-bond donors (Lipinski definition) is 2. The second-order valence-corrected chi connectivity index (χ2v) is 8.69. The van der Waals surface area contributed by atoms with Crippen LogP contribution in [0.25, 0.3) is 11.0 Å². The summed E-state index contributed by atoms with van der Waals surface area (Å²) in [4.78, 5) is 14.1. The average Bonchev–Trinajstić information content (AvgIpc) is 3.20. The van der Waals surface area contributed by atoms with Crippen LogP contribution in [0.3, 0.4) is 0 Å². The van der Waals surface area contributed by atoms with Crippen LogP contribution in [0, 0.1) is 19.3 Å². The number of aliphatic hydroxyl groups excluding tert-OH is 1. The Labute approximate surface area is 162 Å². The highest BCUT2D eigenvalue weighted by Crippen LogP contribution is 2.46. The van der Waals surface area contributed by atoms with Gasteiger partial charge in [0.25, 0.3) is 0 Å². The molecule has 2 aromatic heterocycles. The molecule has 3 rings (SSSR count). The minimum atomic E-state index is -1.02. The molecule has 0 spiro atoms. The molecule has 0 fully saturated rings. The van der Waals surface area contributed by atoms with Crippen molar-refractivity contribution in [1.82, 2.24) is 15.0 Å². The smallest absolute Gasteiger partial charge is 0.310 e. The number of hydrogen-bond acceptors (Lipinski definition) is 5. The molecule has 0 saturated carbocycles. The van der Waals surface area contributed by atoms with Gasteiger partial charge in [0.05, 0.1) is 17.5 Å². The zero-order valence-electron chi connectivity index (χ0n) is 16.3. The molecule has 0 unspecified atom stereocenters. The lowest BCUT2D eigenvalue weighted by atomic mass is 9.72. The third-order valence-electron chi connectivity index (χ3n) is 5.36. The maximum Gasteiger partial charge on any atom is 0.310 e. The summed E-state index contributed by atoms with van der Waals surface area (Å²) in [5.74, 6) is -1.21. The Balaban J connectivity index is 2.26. The fraction of sp³-hybridized carbons (Fsp3) is 0.450. The normalized spacial score (nSPS) is 13.3. The molecule has 2 N–H and O–H groups in total. The zero-order valence-corrected chi connectivity index (χ0v) is 17.1. The van der Waals surface area contributed by atoms with Crippen molar-refractivity contribution in [2.24, 2.45) is 5.41 Å². The largest absolute Gasteiger partial charge is 0.481 e. The molecule has 0 bridgehead atoms. The van der Waals surface area contributed by atoms with Crippen LogP contribution in [0.2, 0.25) is 0 Å². The molecule has 0 amide bonds. The predicted molar refractivity (Wildman–Crippen MR) is 106 cm³/mol. The van der Waals surface area contributed by atoms with Gasteiger partial charge in [0, 0.05) is 22.2 Å². The van der Waals surface area contributed by atoms with E-state index < -0.39 is 11.4 Å². The van der Waals surface area contributed by atoms with Crippen LogP contribution in [-0.2, 0) is 17.9 Å². The summed E-state index contributed by atoms with van der Waals surface area (Å²) >= 11 is 1.55. The molecule has 0 saturated heterocycles. The lowest BCUT2D eigenvalue weighted by molar-refractivity contribution is -0.147. The summed E-state index contributed by atoms with van der Waals surface area (Å²) < 4.78 is 1.84.